The van der Waals surface area contributed by atoms with Crippen LogP contribution in [-0.4, -0.2) is 23.5 Å². The van der Waals surface area contributed by atoms with Gasteiger partial charge < -0.3 is 14.8 Å². The van der Waals surface area contributed by atoms with Crippen LogP contribution in [0.4, 0.5) is 0 Å². The average Bonchev–Trinajstić information content (AvgIpc) is 2.50. The Balaban J connectivity index is 2.79. The molecule has 1 rings (SSSR count). The van der Waals surface area contributed by atoms with Gasteiger partial charge in [-0.25, -0.2) is 0 Å². The van der Waals surface area contributed by atoms with Crippen LogP contribution in [0, 0.1) is 0 Å². The summed E-state index contributed by atoms with van der Waals surface area (Å²) in [6.45, 7) is 0. The predicted molar refractivity (Wildman–Crippen MR) is 38.1 cm³/mol. The topological polar surface area (TPSA) is 62.3 Å². The van der Waals surface area contributed by atoms with Crippen molar-refractivity contribution in [1.82, 2.24) is 4.98 Å². The van der Waals surface area contributed by atoms with E-state index < -0.39 is 6.29 Å². The summed E-state index contributed by atoms with van der Waals surface area (Å²) in [5.41, 5.74) is 0.908. The zero-order chi connectivity index (χ0) is 8.27. The van der Waals surface area contributed by atoms with Crippen molar-refractivity contribution < 1.29 is 14.6 Å². The van der Waals surface area contributed by atoms with Crippen molar-refractivity contribution in [2.24, 2.45) is 0 Å². The van der Waals surface area contributed by atoms with Gasteiger partial charge >= 0.3 is 0 Å². The second-order valence-corrected chi connectivity index (χ2v) is 2.07. The van der Waals surface area contributed by atoms with Gasteiger partial charge in [0.2, 0.25) is 0 Å². The summed E-state index contributed by atoms with van der Waals surface area (Å²) in [6, 6.07) is 3.17. The molecule has 4 heteroatoms. The minimum Gasteiger partial charge on any atom is -0.363 e. The standard InChI is InChI=1S/C7H9NO3/c1-11-7(10)6-3-2-5(4-9)8-6/h2-4,7-8,10H,1H3. The highest BCUT2D eigenvalue weighted by Crippen LogP contribution is 2.10. The molecule has 0 aromatic carbocycles. The fourth-order valence-corrected chi connectivity index (χ4v) is 0.769. The molecular formula is C7H9NO3. The predicted octanol–water partition coefficient (Wildman–Crippen LogP) is 0.465. The van der Waals surface area contributed by atoms with Crippen LogP contribution in [0.2, 0.25) is 0 Å². The first-order chi connectivity index (χ1) is 5.27. The van der Waals surface area contributed by atoms with Crippen LogP contribution in [0.5, 0.6) is 0 Å². The molecule has 60 valence electrons. The second kappa shape index (κ2) is 3.32. The number of hydrogen-bond donors (Lipinski definition) is 2. The van der Waals surface area contributed by atoms with Gasteiger partial charge in [0.05, 0.1) is 11.4 Å². The van der Waals surface area contributed by atoms with Gasteiger partial charge in [-0.3, -0.25) is 4.79 Å². The monoisotopic (exact) mass is 155 g/mol. The number of carbonyl (C=O) groups excluding carboxylic acids is 1. The molecule has 1 aromatic rings. The van der Waals surface area contributed by atoms with E-state index in [0.717, 1.165) is 0 Å². The number of nitrogens with one attached hydrogen (secondary N) is 1. The van der Waals surface area contributed by atoms with E-state index in [2.05, 4.69) is 9.72 Å². The third-order valence-corrected chi connectivity index (χ3v) is 1.35. The number of carbonyl (C=O) groups is 1. The molecule has 11 heavy (non-hydrogen) atoms. The van der Waals surface area contributed by atoms with Crippen molar-refractivity contribution >= 4 is 6.29 Å². The van der Waals surface area contributed by atoms with Gasteiger partial charge in [-0.1, -0.05) is 0 Å². The molecule has 2 N–H and O–H groups in total. The lowest BCUT2D eigenvalue weighted by atomic mass is 10.4. The van der Waals surface area contributed by atoms with Gasteiger partial charge in [0.15, 0.2) is 12.6 Å². The van der Waals surface area contributed by atoms with Crippen LogP contribution in [-0.2, 0) is 4.74 Å². The van der Waals surface area contributed by atoms with E-state index in [1.807, 2.05) is 0 Å². The lowest BCUT2D eigenvalue weighted by Crippen LogP contribution is -1.99. The first kappa shape index (κ1) is 7.97. The minimum atomic E-state index is -0.983. The summed E-state index contributed by atoms with van der Waals surface area (Å²) < 4.78 is 4.60. The average molecular weight is 155 g/mol. The third-order valence-electron chi connectivity index (χ3n) is 1.35. The van der Waals surface area contributed by atoms with Gasteiger partial charge in [-0.2, -0.15) is 0 Å². The molecule has 0 saturated heterocycles. The van der Waals surface area contributed by atoms with Crippen LogP contribution >= 0.6 is 0 Å². The molecule has 0 saturated carbocycles. The van der Waals surface area contributed by atoms with E-state index in [9.17, 15) is 4.79 Å². The Labute approximate surface area is 63.8 Å². The largest absolute Gasteiger partial charge is 0.363 e. The van der Waals surface area contributed by atoms with Crippen molar-refractivity contribution in [1.29, 1.82) is 0 Å². The zero-order valence-corrected chi connectivity index (χ0v) is 6.07. The maximum atomic E-state index is 10.2. The number of hydrogen-bond acceptors (Lipinski definition) is 3. The van der Waals surface area contributed by atoms with Crippen LogP contribution in [0.3, 0.4) is 0 Å². The highest BCUT2D eigenvalue weighted by atomic mass is 16.6. The SMILES string of the molecule is COC(O)c1ccc(C=O)[nH]1. The number of rotatable bonds is 3. The molecule has 1 unspecified atom stereocenters. The Hall–Kier alpha value is -1.13. The number of methoxy groups -OCH3 is 1. The Bertz CT molecular complexity index is 244. The van der Waals surface area contributed by atoms with E-state index in [1.165, 1.54) is 7.11 Å². The number of aliphatic hydroxyl groups is 1. The quantitative estimate of drug-likeness (QED) is 0.492. The highest BCUT2D eigenvalue weighted by molar-refractivity contribution is 5.71. The van der Waals surface area contributed by atoms with Crippen LogP contribution in [0.25, 0.3) is 0 Å². The summed E-state index contributed by atoms with van der Waals surface area (Å²) >= 11 is 0. The molecule has 1 atom stereocenters. The normalized spacial score (nSPS) is 12.9. The summed E-state index contributed by atoms with van der Waals surface area (Å²) in [4.78, 5) is 12.8. The fourth-order valence-electron chi connectivity index (χ4n) is 0.769. The van der Waals surface area contributed by atoms with Gasteiger partial charge in [-0.05, 0) is 12.1 Å². The molecule has 0 amide bonds. The molecular weight excluding hydrogens is 146 g/mol. The van der Waals surface area contributed by atoms with Crippen molar-refractivity contribution in [3.05, 3.63) is 23.5 Å². The van der Waals surface area contributed by atoms with E-state index in [4.69, 9.17) is 5.11 Å². The van der Waals surface area contributed by atoms with Crippen LogP contribution in [0.15, 0.2) is 12.1 Å². The second-order valence-electron chi connectivity index (χ2n) is 2.07. The molecule has 0 fully saturated rings. The van der Waals surface area contributed by atoms with Gasteiger partial charge in [-0.15, -0.1) is 0 Å². The van der Waals surface area contributed by atoms with E-state index in [1.54, 1.807) is 12.1 Å². The molecule has 4 nitrogen and oxygen atoms in total. The molecule has 0 bridgehead atoms. The first-order valence-corrected chi connectivity index (χ1v) is 3.13. The van der Waals surface area contributed by atoms with Gasteiger partial charge in [0.25, 0.3) is 0 Å². The molecule has 0 aliphatic rings. The molecule has 1 heterocycles. The summed E-state index contributed by atoms with van der Waals surface area (Å²) in [7, 11) is 1.38. The van der Waals surface area contributed by atoms with Crippen molar-refractivity contribution in [3.8, 4) is 0 Å². The molecule has 0 aliphatic heterocycles. The van der Waals surface area contributed by atoms with Gasteiger partial charge in [0.1, 0.15) is 0 Å². The summed E-state index contributed by atoms with van der Waals surface area (Å²) in [6.07, 6.45) is -0.310. The third kappa shape index (κ3) is 1.66. The first-order valence-electron chi connectivity index (χ1n) is 3.13. The molecule has 0 radical (unpaired) electrons. The van der Waals surface area contributed by atoms with Gasteiger partial charge in [0, 0.05) is 7.11 Å². The number of aromatic nitrogens is 1. The number of aromatic amines is 1. The minimum absolute atomic E-state index is 0.427. The Morgan fingerprint density at radius 2 is 2.45 bits per heavy atom. The maximum absolute atomic E-state index is 10.2. The molecule has 1 aromatic heterocycles. The summed E-state index contributed by atoms with van der Waals surface area (Å²) in [5, 5.41) is 9.07. The Morgan fingerprint density at radius 3 is 2.91 bits per heavy atom. The Morgan fingerprint density at radius 1 is 1.73 bits per heavy atom. The van der Waals surface area contributed by atoms with Crippen molar-refractivity contribution in [3.63, 3.8) is 0 Å². The maximum Gasteiger partial charge on any atom is 0.196 e. The van der Waals surface area contributed by atoms with E-state index >= 15 is 0 Å². The van der Waals surface area contributed by atoms with E-state index in [0.29, 0.717) is 17.7 Å². The molecule has 0 aliphatic carbocycles. The fraction of sp³-hybridized carbons (Fsp3) is 0.286. The summed E-state index contributed by atoms with van der Waals surface area (Å²) in [5.74, 6) is 0. The van der Waals surface area contributed by atoms with Crippen LogP contribution in [0.1, 0.15) is 22.5 Å². The van der Waals surface area contributed by atoms with Crippen molar-refractivity contribution in [2.45, 2.75) is 6.29 Å². The number of ether oxygens (including phenoxy) is 1. The molecule has 0 spiro atoms. The van der Waals surface area contributed by atoms with Crippen LogP contribution < -0.4 is 0 Å². The smallest absolute Gasteiger partial charge is 0.196 e. The number of H-pyrrole nitrogens is 1. The van der Waals surface area contributed by atoms with E-state index in [-0.39, 0.29) is 0 Å². The number of aliphatic hydroxyl groups excluding tert-OH is 1. The lowest BCUT2D eigenvalue weighted by Gasteiger charge is -2.04. The Kier molecular flexibility index (Phi) is 2.40. The zero-order valence-electron chi connectivity index (χ0n) is 6.07. The number of aldehydes is 1. The highest BCUT2D eigenvalue weighted by Gasteiger charge is 2.06. The van der Waals surface area contributed by atoms with Crippen molar-refractivity contribution in [2.75, 3.05) is 7.11 Å². The lowest BCUT2D eigenvalue weighted by molar-refractivity contribution is -0.0795.